The summed E-state index contributed by atoms with van der Waals surface area (Å²) in [6, 6.07) is 8.34. The molecule has 2 aromatic rings. The zero-order chi connectivity index (χ0) is 14.4. The topological polar surface area (TPSA) is 66.2 Å². The number of rotatable bonds is 6. The van der Waals surface area contributed by atoms with Crippen LogP contribution in [0, 0.1) is 5.92 Å². The maximum atomic E-state index is 5.84. The number of fused-ring (bicyclic) bond motifs is 1. The number of para-hydroxylation sites is 1. The van der Waals surface area contributed by atoms with Crippen LogP contribution in [0.3, 0.4) is 0 Å². The van der Waals surface area contributed by atoms with E-state index in [1.807, 2.05) is 6.07 Å². The van der Waals surface area contributed by atoms with Crippen LogP contribution in [0.1, 0.15) is 25.8 Å². The molecule has 21 heavy (non-hydrogen) atoms. The SMILES string of the molecule is CC(C)CCN=C(N)NCCc1c[nH]c2ccccc12.I. The van der Waals surface area contributed by atoms with E-state index in [9.17, 15) is 0 Å². The van der Waals surface area contributed by atoms with Gasteiger partial charge >= 0.3 is 0 Å². The zero-order valence-electron chi connectivity index (χ0n) is 12.7. The number of halogens is 1. The first-order chi connectivity index (χ1) is 9.66. The Morgan fingerprint density at radius 3 is 2.86 bits per heavy atom. The van der Waals surface area contributed by atoms with Gasteiger partial charge in [0, 0.05) is 30.2 Å². The molecule has 116 valence electrons. The third kappa shape index (κ3) is 5.57. The van der Waals surface area contributed by atoms with Crippen molar-refractivity contribution in [3.05, 3.63) is 36.0 Å². The number of nitrogens with two attached hydrogens (primary N) is 1. The second-order valence-corrected chi connectivity index (χ2v) is 5.49. The zero-order valence-corrected chi connectivity index (χ0v) is 15.1. The summed E-state index contributed by atoms with van der Waals surface area (Å²) in [6.07, 6.45) is 4.08. The molecular weight excluding hydrogens is 375 g/mol. The first-order valence-corrected chi connectivity index (χ1v) is 7.25. The van der Waals surface area contributed by atoms with Crippen LogP contribution in [0.25, 0.3) is 10.9 Å². The number of aromatic nitrogens is 1. The van der Waals surface area contributed by atoms with Gasteiger partial charge in [0.25, 0.3) is 0 Å². The molecule has 0 aliphatic rings. The van der Waals surface area contributed by atoms with Crippen molar-refractivity contribution >= 4 is 40.8 Å². The Kier molecular flexibility index (Phi) is 7.56. The van der Waals surface area contributed by atoms with Crippen LogP contribution in [-0.4, -0.2) is 24.0 Å². The molecule has 1 heterocycles. The molecule has 0 saturated heterocycles. The lowest BCUT2D eigenvalue weighted by Gasteiger charge is -2.06. The Hall–Kier alpha value is -1.24. The number of H-pyrrole nitrogens is 1. The number of nitrogens with one attached hydrogen (secondary N) is 2. The number of nitrogens with zero attached hydrogens (tertiary/aromatic N) is 1. The largest absolute Gasteiger partial charge is 0.370 e. The van der Waals surface area contributed by atoms with Gasteiger partial charge in [-0.1, -0.05) is 32.0 Å². The standard InChI is InChI=1S/C16H24N4.HI/c1-12(2)7-9-18-16(17)19-10-8-13-11-20-15-6-4-3-5-14(13)15;/h3-6,11-12,20H,7-10H2,1-2H3,(H3,17,18,19);1H. The summed E-state index contributed by atoms with van der Waals surface area (Å²) < 4.78 is 0. The van der Waals surface area contributed by atoms with Gasteiger partial charge in [-0.15, -0.1) is 24.0 Å². The van der Waals surface area contributed by atoms with Crippen LogP contribution < -0.4 is 11.1 Å². The van der Waals surface area contributed by atoms with Crippen molar-refractivity contribution in [2.75, 3.05) is 13.1 Å². The predicted octanol–water partition coefficient (Wildman–Crippen LogP) is 3.28. The molecule has 0 fully saturated rings. The third-order valence-corrected chi connectivity index (χ3v) is 3.36. The van der Waals surface area contributed by atoms with E-state index < -0.39 is 0 Å². The van der Waals surface area contributed by atoms with E-state index in [4.69, 9.17) is 5.73 Å². The Morgan fingerprint density at radius 1 is 1.33 bits per heavy atom. The highest BCUT2D eigenvalue weighted by Crippen LogP contribution is 2.17. The van der Waals surface area contributed by atoms with Gasteiger partial charge in [0.1, 0.15) is 0 Å². The average molecular weight is 400 g/mol. The second kappa shape index (κ2) is 8.92. The van der Waals surface area contributed by atoms with E-state index in [2.05, 4.69) is 53.5 Å². The summed E-state index contributed by atoms with van der Waals surface area (Å²) >= 11 is 0. The van der Waals surface area contributed by atoms with Gasteiger partial charge in [0.15, 0.2) is 5.96 Å². The highest BCUT2D eigenvalue weighted by atomic mass is 127. The molecule has 2 rings (SSSR count). The number of aromatic amines is 1. The lowest BCUT2D eigenvalue weighted by molar-refractivity contribution is 0.595. The van der Waals surface area contributed by atoms with E-state index in [0.29, 0.717) is 11.9 Å². The average Bonchev–Trinajstić information content (AvgIpc) is 2.82. The normalized spacial score (nSPS) is 11.7. The number of benzene rings is 1. The van der Waals surface area contributed by atoms with Crippen LogP contribution in [0.5, 0.6) is 0 Å². The molecule has 0 aliphatic carbocycles. The van der Waals surface area contributed by atoms with Crippen molar-refractivity contribution in [2.45, 2.75) is 26.7 Å². The van der Waals surface area contributed by atoms with Crippen LogP contribution in [0.4, 0.5) is 0 Å². The highest BCUT2D eigenvalue weighted by molar-refractivity contribution is 14.0. The fourth-order valence-corrected chi connectivity index (χ4v) is 2.16. The maximum Gasteiger partial charge on any atom is 0.188 e. The third-order valence-electron chi connectivity index (χ3n) is 3.36. The number of aliphatic imine (C=N–C) groups is 1. The van der Waals surface area contributed by atoms with Crippen molar-refractivity contribution in [1.82, 2.24) is 10.3 Å². The van der Waals surface area contributed by atoms with E-state index in [1.165, 1.54) is 16.5 Å². The van der Waals surface area contributed by atoms with Crippen molar-refractivity contribution in [3.63, 3.8) is 0 Å². The minimum absolute atomic E-state index is 0. The maximum absolute atomic E-state index is 5.84. The van der Waals surface area contributed by atoms with Crippen LogP contribution >= 0.6 is 24.0 Å². The fraction of sp³-hybridized carbons (Fsp3) is 0.438. The van der Waals surface area contributed by atoms with Crippen LogP contribution in [0.15, 0.2) is 35.5 Å². The first kappa shape index (κ1) is 17.8. The van der Waals surface area contributed by atoms with Gasteiger partial charge in [-0.2, -0.15) is 0 Å². The Morgan fingerprint density at radius 2 is 2.10 bits per heavy atom. The molecule has 0 bridgehead atoms. The van der Waals surface area contributed by atoms with E-state index in [0.717, 1.165) is 25.9 Å². The molecule has 0 aliphatic heterocycles. The van der Waals surface area contributed by atoms with Gasteiger partial charge < -0.3 is 16.0 Å². The molecule has 0 amide bonds. The van der Waals surface area contributed by atoms with Crippen molar-refractivity contribution < 1.29 is 0 Å². The summed E-state index contributed by atoms with van der Waals surface area (Å²) in [7, 11) is 0. The minimum Gasteiger partial charge on any atom is -0.370 e. The lowest BCUT2D eigenvalue weighted by Crippen LogP contribution is -2.33. The summed E-state index contributed by atoms with van der Waals surface area (Å²) in [5.41, 5.74) is 8.33. The molecule has 4 N–H and O–H groups in total. The quantitative estimate of drug-likeness (QED) is 0.396. The number of hydrogen-bond acceptors (Lipinski definition) is 1. The molecule has 4 nitrogen and oxygen atoms in total. The van der Waals surface area contributed by atoms with E-state index >= 15 is 0 Å². The summed E-state index contributed by atoms with van der Waals surface area (Å²) in [6.45, 7) is 5.98. The summed E-state index contributed by atoms with van der Waals surface area (Å²) in [5, 5.41) is 4.46. The molecule has 5 heteroatoms. The van der Waals surface area contributed by atoms with Crippen molar-refractivity contribution in [3.8, 4) is 0 Å². The summed E-state index contributed by atoms with van der Waals surface area (Å²) in [4.78, 5) is 7.60. The molecule has 0 spiro atoms. The van der Waals surface area contributed by atoms with Crippen LogP contribution in [0.2, 0.25) is 0 Å². The van der Waals surface area contributed by atoms with Crippen LogP contribution in [-0.2, 0) is 6.42 Å². The number of hydrogen-bond donors (Lipinski definition) is 3. The van der Waals surface area contributed by atoms with Gasteiger partial charge in [0.2, 0.25) is 0 Å². The molecular formula is C16H25IN4. The van der Waals surface area contributed by atoms with E-state index in [1.54, 1.807) is 0 Å². The van der Waals surface area contributed by atoms with Gasteiger partial charge in [-0.05, 0) is 30.4 Å². The molecule has 0 unspecified atom stereocenters. The van der Waals surface area contributed by atoms with E-state index in [-0.39, 0.29) is 24.0 Å². The van der Waals surface area contributed by atoms with Gasteiger partial charge in [-0.25, -0.2) is 0 Å². The van der Waals surface area contributed by atoms with Gasteiger partial charge in [0.05, 0.1) is 0 Å². The van der Waals surface area contributed by atoms with Gasteiger partial charge in [-0.3, -0.25) is 4.99 Å². The van der Waals surface area contributed by atoms with Crippen molar-refractivity contribution in [1.29, 1.82) is 0 Å². The molecule has 0 radical (unpaired) electrons. The molecule has 1 aromatic carbocycles. The predicted molar refractivity (Wildman–Crippen MR) is 101 cm³/mol. The minimum atomic E-state index is 0. The highest BCUT2D eigenvalue weighted by Gasteiger charge is 2.02. The Balaban J connectivity index is 0.00000220. The summed E-state index contributed by atoms with van der Waals surface area (Å²) in [5.74, 6) is 1.21. The Labute approximate surface area is 143 Å². The molecule has 0 atom stereocenters. The second-order valence-electron chi connectivity index (χ2n) is 5.49. The fourth-order valence-electron chi connectivity index (χ4n) is 2.16. The lowest BCUT2D eigenvalue weighted by atomic mass is 10.1. The first-order valence-electron chi connectivity index (χ1n) is 7.25. The van der Waals surface area contributed by atoms with Crippen molar-refractivity contribution in [2.24, 2.45) is 16.6 Å². The smallest absolute Gasteiger partial charge is 0.188 e. The molecule has 1 aromatic heterocycles. The Bertz CT molecular complexity index is 574. The number of guanidine groups is 1. The molecule has 0 saturated carbocycles. The monoisotopic (exact) mass is 400 g/mol.